The van der Waals surface area contributed by atoms with Crippen LogP contribution in [0.1, 0.15) is 13.8 Å². The molecule has 0 radical (unpaired) electrons. The molecule has 1 unspecified atom stereocenters. The number of rotatable bonds is 5. The molecule has 84 valence electrons. The highest BCUT2D eigenvalue weighted by molar-refractivity contribution is 9.10. The fourth-order valence-electron chi connectivity index (χ4n) is 1.23. The maximum absolute atomic E-state index is 5.79. The summed E-state index contributed by atoms with van der Waals surface area (Å²) in [6.07, 6.45) is 3.50. The number of nitrogens with one attached hydrogen (secondary N) is 1. The molecular weight excluding hydrogens is 258 g/mol. The Morgan fingerprint density at radius 2 is 2.33 bits per heavy atom. The number of nitrogens with two attached hydrogens (primary N) is 1. The van der Waals surface area contributed by atoms with Crippen LogP contribution in [0.15, 0.2) is 16.9 Å². The van der Waals surface area contributed by atoms with Crippen molar-refractivity contribution in [2.24, 2.45) is 0 Å². The van der Waals surface area contributed by atoms with Gasteiger partial charge in [-0.1, -0.05) is 0 Å². The standard InChI is InChI=1S/C10H16BrN3O/c1-3-15-7(2)4-14-10-8(11)5-13-6-9(10)12/h5-7H,3-4,12H2,1-2H3,(H,13,14). The van der Waals surface area contributed by atoms with Gasteiger partial charge in [-0.15, -0.1) is 0 Å². The predicted molar refractivity (Wildman–Crippen MR) is 65.9 cm³/mol. The number of nitrogens with zero attached hydrogens (tertiary/aromatic N) is 1. The maximum atomic E-state index is 5.79. The highest BCUT2D eigenvalue weighted by Crippen LogP contribution is 2.26. The summed E-state index contributed by atoms with van der Waals surface area (Å²) in [6, 6.07) is 0. The number of hydrogen-bond acceptors (Lipinski definition) is 4. The number of nitrogen functional groups attached to an aromatic ring is 1. The van der Waals surface area contributed by atoms with Gasteiger partial charge < -0.3 is 15.8 Å². The quantitative estimate of drug-likeness (QED) is 0.864. The third-order valence-electron chi connectivity index (χ3n) is 1.95. The molecule has 0 fully saturated rings. The summed E-state index contributed by atoms with van der Waals surface area (Å²) < 4.78 is 6.28. The summed E-state index contributed by atoms with van der Waals surface area (Å²) in [5.41, 5.74) is 7.29. The van der Waals surface area contributed by atoms with Crippen molar-refractivity contribution >= 4 is 27.3 Å². The highest BCUT2D eigenvalue weighted by atomic mass is 79.9. The van der Waals surface area contributed by atoms with Crippen LogP contribution in [0.5, 0.6) is 0 Å². The van der Waals surface area contributed by atoms with E-state index in [1.165, 1.54) is 0 Å². The van der Waals surface area contributed by atoms with Crippen LogP contribution in [-0.2, 0) is 4.74 Å². The third-order valence-corrected chi connectivity index (χ3v) is 2.55. The second-order valence-corrected chi connectivity index (χ2v) is 4.09. The molecule has 0 bridgehead atoms. The van der Waals surface area contributed by atoms with E-state index >= 15 is 0 Å². The van der Waals surface area contributed by atoms with Gasteiger partial charge in [0, 0.05) is 19.3 Å². The van der Waals surface area contributed by atoms with E-state index in [0.717, 1.165) is 23.3 Å². The molecule has 4 nitrogen and oxygen atoms in total. The monoisotopic (exact) mass is 273 g/mol. The molecule has 5 heteroatoms. The summed E-state index contributed by atoms with van der Waals surface area (Å²) in [5.74, 6) is 0. The first kappa shape index (κ1) is 12.3. The third kappa shape index (κ3) is 3.68. The Balaban J connectivity index is 2.57. The molecule has 0 aromatic carbocycles. The van der Waals surface area contributed by atoms with E-state index in [-0.39, 0.29) is 6.10 Å². The SMILES string of the molecule is CCOC(C)CNc1c(N)cncc1Br. The second-order valence-electron chi connectivity index (χ2n) is 3.23. The molecule has 0 amide bonds. The van der Waals surface area contributed by atoms with Gasteiger partial charge in [-0.05, 0) is 29.8 Å². The zero-order valence-electron chi connectivity index (χ0n) is 8.96. The van der Waals surface area contributed by atoms with Gasteiger partial charge in [0.15, 0.2) is 0 Å². The van der Waals surface area contributed by atoms with E-state index in [1.54, 1.807) is 12.4 Å². The molecule has 3 N–H and O–H groups in total. The van der Waals surface area contributed by atoms with Crippen molar-refractivity contribution in [3.63, 3.8) is 0 Å². The van der Waals surface area contributed by atoms with E-state index < -0.39 is 0 Å². The summed E-state index contributed by atoms with van der Waals surface area (Å²) in [6.45, 7) is 5.44. The Morgan fingerprint density at radius 1 is 1.60 bits per heavy atom. The Morgan fingerprint density at radius 3 is 2.93 bits per heavy atom. The van der Waals surface area contributed by atoms with E-state index in [1.807, 2.05) is 13.8 Å². The van der Waals surface area contributed by atoms with E-state index in [9.17, 15) is 0 Å². The van der Waals surface area contributed by atoms with Crippen LogP contribution >= 0.6 is 15.9 Å². The summed E-state index contributed by atoms with van der Waals surface area (Å²) in [7, 11) is 0. The van der Waals surface area contributed by atoms with Gasteiger partial charge in [-0.3, -0.25) is 4.98 Å². The van der Waals surface area contributed by atoms with Crippen LogP contribution in [0.2, 0.25) is 0 Å². The molecule has 0 aliphatic rings. The molecule has 1 atom stereocenters. The number of pyridine rings is 1. The molecule has 1 rings (SSSR count). The van der Waals surface area contributed by atoms with Crippen LogP contribution in [0.3, 0.4) is 0 Å². The Hall–Kier alpha value is -0.810. The molecule has 0 saturated heterocycles. The molecule has 0 aliphatic carbocycles. The van der Waals surface area contributed by atoms with Gasteiger partial charge in [0.25, 0.3) is 0 Å². The fourth-order valence-corrected chi connectivity index (χ4v) is 1.71. The lowest BCUT2D eigenvalue weighted by Crippen LogP contribution is -2.20. The number of ether oxygens (including phenoxy) is 1. The zero-order chi connectivity index (χ0) is 11.3. The highest BCUT2D eigenvalue weighted by Gasteiger charge is 2.06. The molecule has 0 aliphatic heterocycles. The minimum atomic E-state index is 0.162. The van der Waals surface area contributed by atoms with Crippen molar-refractivity contribution < 1.29 is 4.74 Å². The van der Waals surface area contributed by atoms with Gasteiger partial charge in [-0.25, -0.2) is 0 Å². The minimum Gasteiger partial charge on any atom is -0.396 e. The van der Waals surface area contributed by atoms with E-state index in [4.69, 9.17) is 10.5 Å². The van der Waals surface area contributed by atoms with Crippen LogP contribution in [-0.4, -0.2) is 24.2 Å². The first-order valence-corrected chi connectivity index (χ1v) is 5.69. The Labute approximate surface area is 98.3 Å². The molecular formula is C10H16BrN3O. The first-order valence-electron chi connectivity index (χ1n) is 4.89. The number of anilines is 2. The number of halogens is 1. The van der Waals surface area contributed by atoms with Crippen molar-refractivity contribution in [1.82, 2.24) is 4.98 Å². The van der Waals surface area contributed by atoms with Crippen LogP contribution in [0, 0.1) is 0 Å². The Bertz CT molecular complexity index is 299. The van der Waals surface area contributed by atoms with Crippen LogP contribution in [0.4, 0.5) is 11.4 Å². The molecule has 15 heavy (non-hydrogen) atoms. The maximum Gasteiger partial charge on any atom is 0.0750 e. The molecule has 0 spiro atoms. The molecule has 1 heterocycles. The van der Waals surface area contributed by atoms with Crippen molar-refractivity contribution in [2.45, 2.75) is 20.0 Å². The smallest absolute Gasteiger partial charge is 0.0750 e. The second kappa shape index (κ2) is 5.92. The van der Waals surface area contributed by atoms with Gasteiger partial charge in [0.1, 0.15) is 0 Å². The van der Waals surface area contributed by atoms with Crippen molar-refractivity contribution in [1.29, 1.82) is 0 Å². The zero-order valence-corrected chi connectivity index (χ0v) is 10.5. The largest absolute Gasteiger partial charge is 0.396 e. The number of hydrogen-bond donors (Lipinski definition) is 2. The van der Waals surface area contributed by atoms with Crippen molar-refractivity contribution in [3.8, 4) is 0 Å². The topological polar surface area (TPSA) is 60.2 Å². The lowest BCUT2D eigenvalue weighted by atomic mass is 10.3. The average Bonchev–Trinajstić information content (AvgIpc) is 2.17. The van der Waals surface area contributed by atoms with E-state index in [0.29, 0.717) is 5.69 Å². The Kier molecular flexibility index (Phi) is 4.84. The predicted octanol–water partition coefficient (Wildman–Crippen LogP) is 2.26. The molecule has 0 saturated carbocycles. The normalized spacial score (nSPS) is 12.5. The molecule has 1 aromatic heterocycles. The minimum absolute atomic E-state index is 0.162. The lowest BCUT2D eigenvalue weighted by Gasteiger charge is -2.15. The van der Waals surface area contributed by atoms with E-state index in [2.05, 4.69) is 26.2 Å². The lowest BCUT2D eigenvalue weighted by molar-refractivity contribution is 0.0855. The summed E-state index contributed by atoms with van der Waals surface area (Å²) in [4.78, 5) is 3.96. The van der Waals surface area contributed by atoms with Crippen LogP contribution in [0.25, 0.3) is 0 Å². The van der Waals surface area contributed by atoms with Gasteiger partial charge in [0.05, 0.1) is 28.1 Å². The summed E-state index contributed by atoms with van der Waals surface area (Å²) >= 11 is 3.39. The number of aromatic nitrogens is 1. The fraction of sp³-hybridized carbons (Fsp3) is 0.500. The van der Waals surface area contributed by atoms with Crippen molar-refractivity contribution in [3.05, 3.63) is 16.9 Å². The molecule has 1 aromatic rings. The van der Waals surface area contributed by atoms with Crippen molar-refractivity contribution in [2.75, 3.05) is 24.2 Å². The van der Waals surface area contributed by atoms with Gasteiger partial charge in [0.2, 0.25) is 0 Å². The summed E-state index contributed by atoms with van der Waals surface area (Å²) in [5, 5.41) is 3.23. The average molecular weight is 274 g/mol. The first-order chi connectivity index (χ1) is 7.15. The van der Waals surface area contributed by atoms with Gasteiger partial charge in [-0.2, -0.15) is 0 Å². The van der Waals surface area contributed by atoms with Gasteiger partial charge >= 0.3 is 0 Å². The van der Waals surface area contributed by atoms with Crippen LogP contribution < -0.4 is 11.1 Å².